The Morgan fingerprint density at radius 3 is 2.44 bits per heavy atom. The first-order valence-corrected chi connectivity index (χ1v) is 8.73. The Labute approximate surface area is 155 Å². The number of halogens is 3. The lowest BCUT2D eigenvalue weighted by atomic mass is 9.99. The topological polar surface area (TPSA) is 55.6 Å². The number of benzene rings is 2. The van der Waals surface area contributed by atoms with E-state index in [1.54, 1.807) is 29.2 Å². The number of carbonyl (C=O) groups is 1. The van der Waals surface area contributed by atoms with Crippen molar-refractivity contribution in [2.45, 2.75) is 18.3 Å². The van der Waals surface area contributed by atoms with Crippen LogP contribution in [-0.2, 0) is 0 Å². The van der Waals surface area contributed by atoms with Crippen LogP contribution in [0.25, 0.3) is 0 Å². The first kappa shape index (κ1) is 19.2. The molecule has 0 aliphatic carbocycles. The van der Waals surface area contributed by atoms with Gasteiger partial charge in [-0.25, -0.2) is 13.2 Å². The minimum Gasteiger partial charge on any atom is -0.487 e. The molecule has 0 unspecified atom stereocenters. The van der Waals surface area contributed by atoms with Crippen molar-refractivity contribution >= 4 is 5.91 Å². The Morgan fingerprint density at radius 2 is 1.81 bits per heavy atom. The number of hydrogen-bond donors (Lipinski definition) is 1. The van der Waals surface area contributed by atoms with Crippen LogP contribution in [0.2, 0.25) is 0 Å². The lowest BCUT2D eigenvalue weighted by Gasteiger charge is -2.18. The van der Waals surface area contributed by atoms with E-state index >= 15 is 0 Å². The second-order valence-corrected chi connectivity index (χ2v) is 6.66. The molecule has 0 aromatic heterocycles. The third kappa shape index (κ3) is 4.80. The molecule has 2 N–H and O–H groups in total. The molecule has 0 bridgehead atoms. The van der Waals surface area contributed by atoms with Crippen LogP contribution in [0, 0.1) is 5.82 Å². The molecular formula is C20H21F3N2O2. The summed E-state index contributed by atoms with van der Waals surface area (Å²) in [6.45, 7) is -0.413. The summed E-state index contributed by atoms with van der Waals surface area (Å²) in [4.78, 5) is 14.4. The van der Waals surface area contributed by atoms with Gasteiger partial charge in [-0.15, -0.1) is 0 Å². The van der Waals surface area contributed by atoms with Crippen LogP contribution < -0.4 is 10.5 Å². The van der Waals surface area contributed by atoms with Gasteiger partial charge in [-0.2, -0.15) is 0 Å². The maximum absolute atomic E-state index is 13.1. The first-order valence-electron chi connectivity index (χ1n) is 8.73. The van der Waals surface area contributed by atoms with Gasteiger partial charge in [0.2, 0.25) is 0 Å². The van der Waals surface area contributed by atoms with Gasteiger partial charge in [0.1, 0.15) is 11.6 Å². The van der Waals surface area contributed by atoms with Gasteiger partial charge in [-0.1, -0.05) is 12.1 Å². The van der Waals surface area contributed by atoms with E-state index in [0.29, 0.717) is 18.7 Å². The minimum absolute atomic E-state index is 0.126. The highest BCUT2D eigenvalue weighted by atomic mass is 19.3. The number of likely N-dealkylation sites (tertiary alicyclic amines) is 1. The van der Waals surface area contributed by atoms with Crippen LogP contribution in [0.4, 0.5) is 13.2 Å². The van der Waals surface area contributed by atoms with Crippen molar-refractivity contribution in [1.82, 2.24) is 4.90 Å². The molecule has 2 aromatic carbocycles. The van der Waals surface area contributed by atoms with Crippen LogP contribution >= 0.6 is 0 Å². The van der Waals surface area contributed by atoms with Gasteiger partial charge in [0.05, 0.1) is 6.54 Å². The smallest absolute Gasteiger partial charge is 0.293 e. The van der Waals surface area contributed by atoms with Crippen LogP contribution in [0.1, 0.15) is 28.3 Å². The zero-order valence-electron chi connectivity index (χ0n) is 14.7. The van der Waals surface area contributed by atoms with Crippen molar-refractivity contribution in [1.29, 1.82) is 0 Å². The standard InChI is InChI=1S/C20H21F3N2O2/c21-17-5-1-14(2-6-17)16-9-10-25(11-16)19(26)15-3-7-18(8-4-15)27-13-20(22,23)12-24/h1-8,16H,9-13,24H2/t16-/m0/s1. The van der Waals surface area contributed by atoms with Gasteiger partial charge in [0.15, 0.2) is 6.61 Å². The molecule has 1 aliphatic heterocycles. The maximum atomic E-state index is 13.1. The number of ether oxygens (including phenoxy) is 1. The fourth-order valence-electron chi connectivity index (χ4n) is 3.08. The summed E-state index contributed by atoms with van der Waals surface area (Å²) >= 11 is 0. The zero-order chi connectivity index (χ0) is 19.4. The number of alkyl halides is 2. The third-order valence-corrected chi connectivity index (χ3v) is 4.67. The van der Waals surface area contributed by atoms with Gasteiger partial charge >= 0.3 is 0 Å². The fourth-order valence-corrected chi connectivity index (χ4v) is 3.08. The number of amides is 1. The lowest BCUT2D eigenvalue weighted by Crippen LogP contribution is -2.34. The highest BCUT2D eigenvalue weighted by Crippen LogP contribution is 2.28. The predicted octanol–water partition coefficient (Wildman–Crippen LogP) is 3.43. The van der Waals surface area contributed by atoms with E-state index < -0.39 is 19.1 Å². The summed E-state index contributed by atoms with van der Waals surface area (Å²) in [5, 5.41) is 0. The molecule has 27 heavy (non-hydrogen) atoms. The Hall–Kier alpha value is -2.54. The van der Waals surface area contributed by atoms with Crippen LogP contribution in [0.5, 0.6) is 5.75 Å². The summed E-state index contributed by atoms with van der Waals surface area (Å²) in [7, 11) is 0. The molecule has 1 saturated heterocycles. The van der Waals surface area contributed by atoms with Crippen molar-refractivity contribution < 1.29 is 22.7 Å². The van der Waals surface area contributed by atoms with Gasteiger partial charge in [-0.05, 0) is 48.4 Å². The third-order valence-electron chi connectivity index (χ3n) is 4.67. The van der Waals surface area contributed by atoms with Gasteiger partial charge in [0, 0.05) is 24.6 Å². The number of nitrogens with two attached hydrogens (primary N) is 1. The van der Waals surface area contributed by atoms with Gasteiger partial charge in [-0.3, -0.25) is 4.79 Å². The average Bonchev–Trinajstić information content (AvgIpc) is 3.17. The lowest BCUT2D eigenvalue weighted by molar-refractivity contribution is -0.0319. The molecule has 1 atom stereocenters. The quantitative estimate of drug-likeness (QED) is 0.838. The van der Waals surface area contributed by atoms with Crippen LogP contribution in [0.15, 0.2) is 48.5 Å². The van der Waals surface area contributed by atoms with Gasteiger partial charge < -0.3 is 15.4 Å². The van der Waals surface area contributed by atoms with Crippen molar-refractivity contribution in [3.8, 4) is 5.75 Å². The molecular weight excluding hydrogens is 357 g/mol. The van der Waals surface area contributed by atoms with Crippen LogP contribution in [0.3, 0.4) is 0 Å². The molecule has 7 heteroatoms. The predicted molar refractivity (Wildman–Crippen MR) is 95.6 cm³/mol. The van der Waals surface area contributed by atoms with Crippen molar-refractivity contribution in [3.63, 3.8) is 0 Å². The number of nitrogens with zero attached hydrogens (tertiary/aromatic N) is 1. The number of carbonyl (C=O) groups excluding carboxylic acids is 1. The second kappa shape index (κ2) is 8.00. The highest BCUT2D eigenvalue weighted by molar-refractivity contribution is 5.94. The molecule has 1 fully saturated rings. The minimum atomic E-state index is -3.08. The highest BCUT2D eigenvalue weighted by Gasteiger charge is 2.29. The number of hydrogen-bond acceptors (Lipinski definition) is 3. The van der Waals surface area contributed by atoms with E-state index in [4.69, 9.17) is 10.5 Å². The molecule has 2 aromatic rings. The molecule has 144 valence electrons. The normalized spacial score (nSPS) is 17.2. The van der Waals surface area contributed by atoms with Crippen molar-refractivity contribution in [2.75, 3.05) is 26.2 Å². The van der Waals surface area contributed by atoms with E-state index in [0.717, 1.165) is 12.0 Å². The maximum Gasteiger partial charge on any atom is 0.293 e. The summed E-state index contributed by atoms with van der Waals surface area (Å²) in [6.07, 6.45) is 0.812. The average molecular weight is 378 g/mol. The van der Waals surface area contributed by atoms with Crippen molar-refractivity contribution in [2.24, 2.45) is 5.73 Å². The molecule has 1 aliphatic rings. The van der Waals surface area contributed by atoms with E-state index in [-0.39, 0.29) is 23.4 Å². The largest absolute Gasteiger partial charge is 0.487 e. The van der Waals surface area contributed by atoms with E-state index in [2.05, 4.69) is 0 Å². The van der Waals surface area contributed by atoms with E-state index in [9.17, 15) is 18.0 Å². The summed E-state index contributed by atoms with van der Waals surface area (Å²) < 4.78 is 44.3. The molecule has 4 nitrogen and oxygen atoms in total. The van der Waals surface area contributed by atoms with Crippen molar-refractivity contribution in [3.05, 3.63) is 65.5 Å². The Balaban J connectivity index is 1.59. The Morgan fingerprint density at radius 1 is 1.15 bits per heavy atom. The summed E-state index contributed by atoms with van der Waals surface area (Å²) in [6, 6.07) is 12.4. The monoisotopic (exact) mass is 378 g/mol. The summed E-state index contributed by atoms with van der Waals surface area (Å²) in [5.74, 6) is -3.06. The van der Waals surface area contributed by atoms with Gasteiger partial charge in [0.25, 0.3) is 11.8 Å². The summed E-state index contributed by atoms with van der Waals surface area (Å²) in [5.41, 5.74) is 6.44. The van der Waals surface area contributed by atoms with E-state index in [1.165, 1.54) is 24.3 Å². The second-order valence-electron chi connectivity index (χ2n) is 6.66. The molecule has 0 radical (unpaired) electrons. The molecule has 1 heterocycles. The van der Waals surface area contributed by atoms with Crippen LogP contribution in [-0.4, -0.2) is 43.0 Å². The SMILES string of the molecule is NCC(F)(F)COc1ccc(C(=O)N2CC[C@H](c3ccc(F)cc3)C2)cc1. The Bertz CT molecular complexity index is 779. The number of rotatable bonds is 6. The Kier molecular flexibility index (Phi) is 5.70. The molecule has 3 rings (SSSR count). The molecule has 0 spiro atoms. The first-order chi connectivity index (χ1) is 12.9. The fraction of sp³-hybridized carbons (Fsp3) is 0.350. The molecule has 1 amide bonds. The zero-order valence-corrected chi connectivity index (χ0v) is 14.7. The van der Waals surface area contributed by atoms with E-state index in [1.807, 2.05) is 0 Å². The molecule has 0 saturated carbocycles.